The molecule has 1 aliphatic heterocycles. The fourth-order valence-electron chi connectivity index (χ4n) is 5.89. The van der Waals surface area contributed by atoms with E-state index in [0.29, 0.717) is 13.2 Å². The van der Waals surface area contributed by atoms with Gasteiger partial charge in [0.15, 0.2) is 5.79 Å². The molecule has 1 atom stereocenters. The molecule has 0 aliphatic carbocycles. The largest absolute Gasteiger partial charge is 0.347 e. The molecule has 0 amide bonds. The van der Waals surface area contributed by atoms with E-state index in [4.69, 9.17) is 15.2 Å². The smallest absolute Gasteiger partial charge is 0.168 e. The molecule has 0 saturated carbocycles. The van der Waals surface area contributed by atoms with Gasteiger partial charge in [-0.25, -0.2) is 0 Å². The maximum atomic E-state index is 6.37. The molecule has 1 aliphatic rings. The predicted molar refractivity (Wildman–Crippen MR) is 191 cm³/mol. The summed E-state index contributed by atoms with van der Waals surface area (Å²) in [5, 5.41) is 0. The van der Waals surface area contributed by atoms with E-state index in [0.717, 1.165) is 25.7 Å². The molecule has 3 heteroatoms. The number of hydrogen-bond donors (Lipinski definition) is 1. The highest BCUT2D eigenvalue weighted by molar-refractivity contribution is 4.93. The highest BCUT2D eigenvalue weighted by Crippen LogP contribution is 2.34. The first-order valence-corrected chi connectivity index (χ1v) is 18.9. The van der Waals surface area contributed by atoms with E-state index in [9.17, 15) is 0 Å². The van der Waals surface area contributed by atoms with Crippen LogP contribution in [0.15, 0.2) is 48.6 Å². The van der Waals surface area contributed by atoms with Crippen LogP contribution in [0, 0.1) is 0 Å². The van der Waals surface area contributed by atoms with Gasteiger partial charge in [0.05, 0.1) is 12.7 Å². The molecule has 0 aromatic heterocycles. The maximum absolute atomic E-state index is 6.37. The Hall–Kier alpha value is -1.16. The lowest BCUT2D eigenvalue weighted by Crippen LogP contribution is -2.32. The van der Waals surface area contributed by atoms with Crippen LogP contribution in [0.5, 0.6) is 0 Å². The molecule has 1 fully saturated rings. The van der Waals surface area contributed by atoms with Gasteiger partial charge in [-0.1, -0.05) is 140 Å². The molecule has 0 aromatic carbocycles. The zero-order chi connectivity index (χ0) is 30.9. The molecule has 1 saturated heterocycles. The van der Waals surface area contributed by atoms with Crippen molar-refractivity contribution >= 4 is 0 Å². The Morgan fingerprint density at radius 1 is 0.512 bits per heavy atom. The lowest BCUT2D eigenvalue weighted by Gasteiger charge is -2.28. The van der Waals surface area contributed by atoms with Crippen molar-refractivity contribution < 1.29 is 9.47 Å². The molecule has 0 spiro atoms. The molecule has 3 nitrogen and oxygen atoms in total. The van der Waals surface area contributed by atoms with Crippen molar-refractivity contribution in [1.82, 2.24) is 0 Å². The normalized spacial score (nSPS) is 17.1. The van der Waals surface area contributed by atoms with Crippen molar-refractivity contribution in [3.63, 3.8) is 0 Å². The fraction of sp³-hybridized carbons (Fsp3) is 0.800. The Bertz CT molecular complexity index is 647. The van der Waals surface area contributed by atoms with E-state index in [1.165, 1.54) is 141 Å². The second-order valence-electron chi connectivity index (χ2n) is 12.9. The summed E-state index contributed by atoms with van der Waals surface area (Å²) in [5.74, 6) is -0.367. The van der Waals surface area contributed by atoms with Crippen LogP contribution in [0.4, 0.5) is 0 Å². The summed E-state index contributed by atoms with van der Waals surface area (Å²) in [7, 11) is 0. The van der Waals surface area contributed by atoms with Crippen molar-refractivity contribution in [2.75, 3.05) is 13.2 Å². The van der Waals surface area contributed by atoms with Gasteiger partial charge in [-0.3, -0.25) is 0 Å². The first-order chi connectivity index (χ1) is 21.3. The summed E-state index contributed by atoms with van der Waals surface area (Å²) in [5.41, 5.74) is 5.91. The third-order valence-corrected chi connectivity index (χ3v) is 8.69. The molecule has 2 N–H and O–H groups in total. The van der Waals surface area contributed by atoms with Crippen molar-refractivity contribution in [2.45, 2.75) is 193 Å². The Kier molecular flexibility index (Phi) is 28.6. The van der Waals surface area contributed by atoms with Crippen molar-refractivity contribution in [3.05, 3.63) is 48.6 Å². The van der Waals surface area contributed by atoms with Gasteiger partial charge in [0.25, 0.3) is 0 Å². The van der Waals surface area contributed by atoms with Crippen LogP contribution < -0.4 is 5.73 Å². The van der Waals surface area contributed by atoms with Crippen LogP contribution in [0.25, 0.3) is 0 Å². The molecule has 0 aromatic rings. The highest BCUT2D eigenvalue weighted by Gasteiger charge is 2.39. The van der Waals surface area contributed by atoms with Crippen LogP contribution in [0.3, 0.4) is 0 Å². The lowest BCUT2D eigenvalue weighted by atomic mass is 9.98. The third-order valence-electron chi connectivity index (χ3n) is 8.69. The molecule has 250 valence electrons. The molecular formula is C40H73NO2. The summed E-state index contributed by atoms with van der Waals surface area (Å²) in [4.78, 5) is 0. The average molecular weight is 600 g/mol. The summed E-state index contributed by atoms with van der Waals surface area (Å²) in [6, 6.07) is 0. The number of ether oxygens (including phenoxy) is 2. The Morgan fingerprint density at radius 2 is 0.884 bits per heavy atom. The van der Waals surface area contributed by atoms with Crippen LogP contribution in [-0.2, 0) is 9.47 Å². The number of nitrogens with two attached hydrogens (primary N) is 1. The van der Waals surface area contributed by atoms with Crippen LogP contribution >= 0.6 is 0 Å². The van der Waals surface area contributed by atoms with Crippen LogP contribution in [-0.4, -0.2) is 25.0 Å². The molecular weight excluding hydrogens is 526 g/mol. The van der Waals surface area contributed by atoms with Gasteiger partial charge in [-0.05, 0) is 77.0 Å². The minimum atomic E-state index is -0.367. The quantitative estimate of drug-likeness (QED) is 0.0636. The number of hydrogen-bond acceptors (Lipinski definition) is 3. The Balaban J connectivity index is 2.04. The standard InChI is InChI=1S/C40H73NO2/c1-3-5-7-9-11-13-15-17-19-21-23-25-27-29-31-33-35-40(42-38-39(37-41)43-40)36-34-32-30-28-26-24-22-20-18-16-14-12-10-8-6-4-2/h11-14,17-20,39H,3-10,15-16,21-38,41H2,1-2H3/b13-11-,14-12-,19-17-,20-18-/t39-/m0/s1. The van der Waals surface area contributed by atoms with Gasteiger partial charge in [0, 0.05) is 19.4 Å². The first-order valence-electron chi connectivity index (χ1n) is 18.9. The predicted octanol–water partition coefficient (Wildman–Crippen LogP) is 12.5. The molecule has 0 bridgehead atoms. The second-order valence-corrected chi connectivity index (χ2v) is 12.9. The van der Waals surface area contributed by atoms with E-state index in [1.807, 2.05) is 0 Å². The van der Waals surface area contributed by atoms with Crippen LogP contribution in [0.2, 0.25) is 0 Å². The zero-order valence-electron chi connectivity index (χ0n) is 28.9. The van der Waals surface area contributed by atoms with Gasteiger partial charge in [-0.15, -0.1) is 0 Å². The second kappa shape index (κ2) is 30.8. The molecule has 1 rings (SSSR count). The minimum Gasteiger partial charge on any atom is -0.347 e. The maximum Gasteiger partial charge on any atom is 0.168 e. The molecule has 0 radical (unpaired) electrons. The van der Waals surface area contributed by atoms with E-state index in [-0.39, 0.29) is 11.9 Å². The van der Waals surface area contributed by atoms with Gasteiger partial charge in [-0.2, -0.15) is 0 Å². The molecule has 43 heavy (non-hydrogen) atoms. The lowest BCUT2D eigenvalue weighted by molar-refractivity contribution is -0.178. The Labute approximate surface area is 269 Å². The minimum absolute atomic E-state index is 0.0780. The summed E-state index contributed by atoms with van der Waals surface area (Å²) in [6.45, 7) is 5.76. The summed E-state index contributed by atoms with van der Waals surface area (Å²) in [6.07, 6.45) is 51.6. The molecule has 0 unspecified atom stereocenters. The van der Waals surface area contributed by atoms with Gasteiger partial charge >= 0.3 is 0 Å². The average Bonchev–Trinajstić information content (AvgIpc) is 3.44. The SMILES string of the molecule is CCCCC/C=C\C/C=C\CCCCCCCCC1(CCCCCCCC/C=C\C/C=C\CCCCC)OC[C@H](CN)O1. The highest BCUT2D eigenvalue weighted by atomic mass is 16.7. The van der Waals surface area contributed by atoms with Gasteiger partial charge < -0.3 is 15.2 Å². The fourth-order valence-corrected chi connectivity index (χ4v) is 5.89. The van der Waals surface area contributed by atoms with Crippen molar-refractivity contribution in [3.8, 4) is 0 Å². The number of rotatable bonds is 31. The van der Waals surface area contributed by atoms with E-state index in [2.05, 4.69) is 62.5 Å². The number of unbranched alkanes of at least 4 members (excludes halogenated alkanes) is 18. The summed E-state index contributed by atoms with van der Waals surface area (Å²) < 4.78 is 12.6. The van der Waals surface area contributed by atoms with Gasteiger partial charge in [0.1, 0.15) is 0 Å². The van der Waals surface area contributed by atoms with Crippen molar-refractivity contribution in [2.24, 2.45) is 5.73 Å². The third kappa shape index (κ3) is 24.8. The monoisotopic (exact) mass is 600 g/mol. The topological polar surface area (TPSA) is 44.5 Å². The Morgan fingerprint density at radius 3 is 1.26 bits per heavy atom. The first kappa shape index (κ1) is 39.9. The zero-order valence-corrected chi connectivity index (χ0v) is 28.9. The van der Waals surface area contributed by atoms with Gasteiger partial charge in [0.2, 0.25) is 0 Å². The van der Waals surface area contributed by atoms with E-state index >= 15 is 0 Å². The number of allylic oxidation sites excluding steroid dienone is 8. The van der Waals surface area contributed by atoms with E-state index < -0.39 is 0 Å². The summed E-state index contributed by atoms with van der Waals surface area (Å²) >= 11 is 0. The molecule has 1 heterocycles. The van der Waals surface area contributed by atoms with Crippen LogP contribution in [0.1, 0.15) is 181 Å². The van der Waals surface area contributed by atoms with E-state index in [1.54, 1.807) is 0 Å². The van der Waals surface area contributed by atoms with Crippen molar-refractivity contribution in [1.29, 1.82) is 0 Å².